The summed E-state index contributed by atoms with van der Waals surface area (Å²) < 4.78 is 19.1. The second-order valence-electron chi connectivity index (χ2n) is 7.05. The number of rotatable bonds is 6. The van der Waals surface area contributed by atoms with E-state index in [-0.39, 0.29) is 11.7 Å². The number of nitrogens with zero attached hydrogens (tertiary/aromatic N) is 3. The minimum atomic E-state index is -0.360. The molecule has 0 unspecified atom stereocenters. The van der Waals surface area contributed by atoms with Crippen LogP contribution in [0.3, 0.4) is 0 Å². The van der Waals surface area contributed by atoms with E-state index < -0.39 is 0 Å². The van der Waals surface area contributed by atoms with Crippen molar-refractivity contribution in [2.45, 2.75) is 0 Å². The first-order valence-electron chi connectivity index (χ1n) is 10.0. The zero-order chi connectivity index (χ0) is 22.3. The zero-order valence-electron chi connectivity index (χ0n) is 17.1. The molecule has 1 amide bonds. The van der Waals surface area contributed by atoms with Crippen LogP contribution in [0.1, 0.15) is 5.56 Å². The van der Waals surface area contributed by atoms with Crippen molar-refractivity contribution in [3.8, 4) is 0 Å². The van der Waals surface area contributed by atoms with Crippen LogP contribution in [0.15, 0.2) is 65.4 Å². The quantitative estimate of drug-likeness (QED) is 0.484. The van der Waals surface area contributed by atoms with Gasteiger partial charge < -0.3 is 20.3 Å². The molecule has 2 heterocycles. The summed E-state index contributed by atoms with van der Waals surface area (Å²) >= 11 is 3.27. The average molecular weight is 498 g/mol. The molecule has 1 aromatic heterocycles. The van der Waals surface area contributed by atoms with Crippen LogP contribution in [0, 0.1) is 5.82 Å². The van der Waals surface area contributed by atoms with Gasteiger partial charge in [0.2, 0.25) is 5.91 Å². The molecule has 2 aromatic carbocycles. The third kappa shape index (κ3) is 5.89. The second kappa shape index (κ2) is 10.3. The summed E-state index contributed by atoms with van der Waals surface area (Å²) in [5.74, 6) is 0.205. The molecule has 0 spiro atoms. The molecule has 9 heteroatoms. The highest BCUT2D eigenvalue weighted by Gasteiger charge is 2.11. The number of ether oxygens (including phenoxy) is 1. The summed E-state index contributed by atoms with van der Waals surface area (Å²) in [5, 5.41) is 5.91. The summed E-state index contributed by atoms with van der Waals surface area (Å²) in [5.41, 5.74) is 2.71. The van der Waals surface area contributed by atoms with Crippen LogP contribution in [-0.4, -0.2) is 42.2 Å². The van der Waals surface area contributed by atoms with E-state index in [2.05, 4.69) is 53.6 Å². The summed E-state index contributed by atoms with van der Waals surface area (Å²) in [7, 11) is 0. The van der Waals surface area contributed by atoms with E-state index >= 15 is 0 Å². The van der Waals surface area contributed by atoms with E-state index in [1.54, 1.807) is 18.2 Å². The average Bonchev–Trinajstić information content (AvgIpc) is 2.80. The number of aromatic nitrogens is 2. The number of halogens is 2. The Bertz CT molecular complexity index is 1120. The topological polar surface area (TPSA) is 79.4 Å². The second-order valence-corrected chi connectivity index (χ2v) is 7.90. The Balaban J connectivity index is 1.36. The molecule has 0 bridgehead atoms. The summed E-state index contributed by atoms with van der Waals surface area (Å²) in [6, 6.07) is 14.0. The number of hydrogen-bond donors (Lipinski definition) is 2. The minimum absolute atomic E-state index is 0.352. The predicted octanol–water partition coefficient (Wildman–Crippen LogP) is 4.61. The first kappa shape index (κ1) is 21.9. The maximum atomic E-state index is 13.2. The van der Waals surface area contributed by atoms with Crippen molar-refractivity contribution in [2.24, 2.45) is 0 Å². The van der Waals surface area contributed by atoms with Crippen molar-refractivity contribution in [2.75, 3.05) is 41.8 Å². The lowest BCUT2D eigenvalue weighted by Crippen LogP contribution is -2.36. The van der Waals surface area contributed by atoms with E-state index in [0.29, 0.717) is 21.7 Å². The van der Waals surface area contributed by atoms with Crippen LogP contribution in [0.5, 0.6) is 0 Å². The van der Waals surface area contributed by atoms with Crippen molar-refractivity contribution in [1.29, 1.82) is 0 Å². The fraction of sp³-hybridized carbons (Fsp3) is 0.174. The van der Waals surface area contributed by atoms with Gasteiger partial charge in [0.1, 0.15) is 23.8 Å². The van der Waals surface area contributed by atoms with Crippen LogP contribution in [0.4, 0.5) is 27.4 Å². The highest BCUT2D eigenvalue weighted by molar-refractivity contribution is 9.10. The Kier molecular flexibility index (Phi) is 7.08. The Morgan fingerprint density at radius 1 is 1.06 bits per heavy atom. The molecular weight excluding hydrogens is 477 g/mol. The molecule has 0 aliphatic carbocycles. The van der Waals surface area contributed by atoms with E-state index in [0.717, 1.165) is 37.7 Å². The Morgan fingerprint density at radius 3 is 2.56 bits per heavy atom. The first-order valence-corrected chi connectivity index (χ1v) is 10.8. The zero-order valence-corrected chi connectivity index (χ0v) is 18.7. The standard InChI is InChI=1S/C23H21BrFN5O2/c24-20-13-17(25)3-1-16(20)2-8-23(31)29-22-14-21(26-15-27-22)28-18-4-6-19(7-5-18)30-9-11-32-12-10-30/h1-8,13-15H,9-12H2,(H2,26,27,28,29,31)/b8-2+. The molecule has 32 heavy (non-hydrogen) atoms. The fourth-order valence-electron chi connectivity index (χ4n) is 3.19. The number of nitrogens with one attached hydrogen (secondary N) is 2. The van der Waals surface area contributed by atoms with Crippen molar-refractivity contribution in [1.82, 2.24) is 9.97 Å². The number of amides is 1. The molecule has 3 aromatic rings. The van der Waals surface area contributed by atoms with E-state index in [1.807, 2.05) is 12.1 Å². The molecule has 0 radical (unpaired) electrons. The number of carbonyl (C=O) groups excluding carboxylic acids is 1. The van der Waals surface area contributed by atoms with E-state index in [9.17, 15) is 9.18 Å². The molecule has 1 saturated heterocycles. The van der Waals surface area contributed by atoms with Crippen LogP contribution < -0.4 is 15.5 Å². The van der Waals surface area contributed by atoms with Gasteiger partial charge in [0.05, 0.1) is 13.2 Å². The molecule has 164 valence electrons. The molecular formula is C23H21BrFN5O2. The normalized spacial score (nSPS) is 13.9. The third-order valence-corrected chi connectivity index (χ3v) is 5.50. The predicted molar refractivity (Wildman–Crippen MR) is 127 cm³/mol. The van der Waals surface area contributed by atoms with Gasteiger partial charge in [-0.25, -0.2) is 14.4 Å². The van der Waals surface area contributed by atoms with Crippen molar-refractivity contribution >= 4 is 50.9 Å². The van der Waals surface area contributed by atoms with Gasteiger partial charge in [0.25, 0.3) is 0 Å². The van der Waals surface area contributed by atoms with E-state index in [4.69, 9.17) is 4.74 Å². The maximum absolute atomic E-state index is 13.2. The lowest BCUT2D eigenvalue weighted by atomic mass is 10.2. The van der Waals surface area contributed by atoms with Crippen LogP contribution in [0.2, 0.25) is 0 Å². The van der Waals surface area contributed by atoms with E-state index in [1.165, 1.54) is 24.5 Å². The lowest BCUT2D eigenvalue weighted by Gasteiger charge is -2.28. The monoisotopic (exact) mass is 497 g/mol. The van der Waals surface area contributed by atoms with Gasteiger partial charge in [0.15, 0.2) is 0 Å². The summed E-state index contributed by atoms with van der Waals surface area (Å²) in [4.78, 5) is 22.8. The SMILES string of the molecule is O=C(/C=C/c1ccc(F)cc1Br)Nc1cc(Nc2ccc(N3CCOCC3)cc2)ncn1. The Morgan fingerprint density at radius 2 is 1.81 bits per heavy atom. The number of carbonyl (C=O) groups is 1. The number of benzene rings is 2. The molecule has 0 saturated carbocycles. The van der Waals surface area contributed by atoms with Gasteiger partial charge in [-0.1, -0.05) is 22.0 Å². The maximum Gasteiger partial charge on any atom is 0.249 e. The van der Waals surface area contributed by atoms with Crippen molar-refractivity contribution in [3.05, 3.63) is 76.8 Å². The molecule has 7 nitrogen and oxygen atoms in total. The molecule has 2 N–H and O–H groups in total. The van der Waals surface area contributed by atoms with Crippen molar-refractivity contribution in [3.63, 3.8) is 0 Å². The molecule has 4 rings (SSSR count). The van der Waals surface area contributed by atoms with Gasteiger partial charge >= 0.3 is 0 Å². The lowest BCUT2D eigenvalue weighted by molar-refractivity contribution is -0.111. The number of morpholine rings is 1. The van der Waals surface area contributed by atoms with Gasteiger partial charge in [-0.15, -0.1) is 0 Å². The van der Waals surface area contributed by atoms with Crippen LogP contribution in [0.25, 0.3) is 6.08 Å². The largest absolute Gasteiger partial charge is 0.378 e. The number of hydrogen-bond acceptors (Lipinski definition) is 6. The molecule has 0 atom stereocenters. The fourth-order valence-corrected chi connectivity index (χ4v) is 3.67. The molecule has 1 fully saturated rings. The van der Waals surface area contributed by atoms with Gasteiger partial charge in [0, 0.05) is 41.1 Å². The highest BCUT2D eigenvalue weighted by atomic mass is 79.9. The van der Waals surface area contributed by atoms with Crippen molar-refractivity contribution < 1.29 is 13.9 Å². The van der Waals surface area contributed by atoms with Gasteiger partial charge in [-0.05, 0) is 48.0 Å². The number of anilines is 4. The van der Waals surface area contributed by atoms with Gasteiger partial charge in [-0.2, -0.15) is 0 Å². The first-order chi connectivity index (χ1) is 15.6. The molecule has 1 aliphatic heterocycles. The van der Waals surface area contributed by atoms with Crippen LogP contribution >= 0.6 is 15.9 Å². The third-order valence-electron chi connectivity index (χ3n) is 4.81. The van der Waals surface area contributed by atoms with Crippen LogP contribution in [-0.2, 0) is 9.53 Å². The summed E-state index contributed by atoms with van der Waals surface area (Å²) in [6.45, 7) is 3.25. The highest BCUT2D eigenvalue weighted by Crippen LogP contribution is 2.22. The minimum Gasteiger partial charge on any atom is -0.378 e. The van der Waals surface area contributed by atoms with Gasteiger partial charge in [-0.3, -0.25) is 4.79 Å². The molecule has 1 aliphatic rings. The summed E-state index contributed by atoms with van der Waals surface area (Å²) in [6.07, 6.45) is 4.33. The smallest absolute Gasteiger partial charge is 0.249 e. The Labute approximate surface area is 193 Å². The Hall–Kier alpha value is -3.30.